The Labute approximate surface area is 119 Å². The maximum Gasteiger partial charge on any atom is 0.115 e. The number of hydrogen-bond donors (Lipinski definition) is 3. The fourth-order valence-electron chi connectivity index (χ4n) is 2.10. The van der Waals surface area contributed by atoms with Gasteiger partial charge in [0, 0.05) is 0 Å². The molecule has 0 aliphatic carbocycles. The Kier molecular flexibility index (Phi) is 5.44. The smallest absolute Gasteiger partial charge is 0.115 e. The van der Waals surface area contributed by atoms with Crippen molar-refractivity contribution in [1.82, 2.24) is 5.32 Å². The van der Waals surface area contributed by atoms with Gasteiger partial charge >= 0.3 is 0 Å². The third kappa shape index (κ3) is 4.94. The minimum atomic E-state index is 0.315. The predicted molar refractivity (Wildman–Crippen MR) is 81.1 cm³/mol. The van der Waals surface area contributed by atoms with Gasteiger partial charge in [-0.05, 0) is 67.7 Å². The second-order valence-corrected chi connectivity index (χ2v) is 4.94. The van der Waals surface area contributed by atoms with Crippen molar-refractivity contribution >= 4 is 0 Å². The second kappa shape index (κ2) is 7.56. The molecule has 0 bridgehead atoms. The van der Waals surface area contributed by atoms with Crippen molar-refractivity contribution in [3.05, 3.63) is 59.7 Å². The van der Waals surface area contributed by atoms with Crippen LogP contribution in [0.2, 0.25) is 0 Å². The third-order valence-corrected chi connectivity index (χ3v) is 3.28. The van der Waals surface area contributed by atoms with Crippen LogP contribution >= 0.6 is 0 Å². The average Bonchev–Trinajstić information content (AvgIpc) is 2.46. The first-order valence-electron chi connectivity index (χ1n) is 7.00. The lowest BCUT2D eigenvalue weighted by Gasteiger charge is -2.05. The lowest BCUT2D eigenvalue weighted by Crippen LogP contribution is -2.18. The highest BCUT2D eigenvalue weighted by atomic mass is 16.3. The molecular weight excluding hydrogens is 250 g/mol. The van der Waals surface area contributed by atoms with Crippen LogP contribution in [0.1, 0.15) is 17.5 Å². The summed E-state index contributed by atoms with van der Waals surface area (Å²) < 4.78 is 0. The van der Waals surface area contributed by atoms with Crippen molar-refractivity contribution in [2.24, 2.45) is 0 Å². The third-order valence-electron chi connectivity index (χ3n) is 3.28. The highest BCUT2D eigenvalue weighted by molar-refractivity contribution is 5.26. The monoisotopic (exact) mass is 271 g/mol. The molecule has 0 saturated carbocycles. The van der Waals surface area contributed by atoms with E-state index in [2.05, 4.69) is 5.32 Å². The summed E-state index contributed by atoms with van der Waals surface area (Å²) in [6.45, 7) is 1.93. The van der Waals surface area contributed by atoms with E-state index in [1.807, 2.05) is 24.3 Å². The molecule has 0 amide bonds. The number of phenolic OH excluding ortho intramolecular Hbond substituents is 2. The van der Waals surface area contributed by atoms with E-state index in [9.17, 15) is 10.2 Å². The fraction of sp³-hybridized carbons (Fsp3) is 0.294. The van der Waals surface area contributed by atoms with Crippen molar-refractivity contribution in [3.63, 3.8) is 0 Å². The number of phenols is 2. The van der Waals surface area contributed by atoms with Gasteiger partial charge in [-0.3, -0.25) is 0 Å². The zero-order valence-corrected chi connectivity index (χ0v) is 11.5. The first-order chi connectivity index (χ1) is 9.74. The predicted octanol–water partition coefficient (Wildman–Crippen LogP) is 2.86. The maximum atomic E-state index is 9.20. The van der Waals surface area contributed by atoms with Crippen LogP contribution in [0, 0.1) is 0 Å². The molecular formula is C17H21NO2. The van der Waals surface area contributed by atoms with E-state index in [1.165, 1.54) is 11.1 Å². The van der Waals surface area contributed by atoms with Crippen LogP contribution in [0.5, 0.6) is 11.5 Å². The molecule has 2 aromatic carbocycles. The molecule has 2 rings (SSSR count). The van der Waals surface area contributed by atoms with Crippen molar-refractivity contribution < 1.29 is 10.2 Å². The summed E-state index contributed by atoms with van der Waals surface area (Å²) in [6.07, 6.45) is 3.08. The zero-order chi connectivity index (χ0) is 14.2. The number of nitrogens with one attached hydrogen (secondary N) is 1. The van der Waals surface area contributed by atoms with Crippen LogP contribution in [-0.4, -0.2) is 23.3 Å². The Morgan fingerprint density at radius 1 is 0.650 bits per heavy atom. The van der Waals surface area contributed by atoms with Gasteiger partial charge in [-0.2, -0.15) is 0 Å². The zero-order valence-electron chi connectivity index (χ0n) is 11.5. The number of aromatic hydroxyl groups is 2. The van der Waals surface area contributed by atoms with E-state index in [4.69, 9.17) is 0 Å². The summed E-state index contributed by atoms with van der Waals surface area (Å²) in [5.74, 6) is 0.636. The van der Waals surface area contributed by atoms with Gasteiger partial charge in [0.25, 0.3) is 0 Å². The molecule has 0 atom stereocenters. The molecule has 0 aliphatic heterocycles. The lowest BCUT2D eigenvalue weighted by atomic mass is 10.1. The molecule has 0 unspecified atom stereocenters. The molecule has 0 aromatic heterocycles. The number of rotatable bonds is 7. The van der Waals surface area contributed by atoms with Crippen LogP contribution in [0.3, 0.4) is 0 Å². The lowest BCUT2D eigenvalue weighted by molar-refractivity contribution is 0.474. The van der Waals surface area contributed by atoms with Crippen LogP contribution in [0.4, 0.5) is 0 Å². The quantitative estimate of drug-likeness (QED) is 0.679. The molecule has 0 saturated heterocycles. The molecule has 3 heteroatoms. The van der Waals surface area contributed by atoms with Crippen LogP contribution in [-0.2, 0) is 12.8 Å². The van der Waals surface area contributed by atoms with Crippen molar-refractivity contribution in [3.8, 4) is 11.5 Å². The highest BCUT2D eigenvalue weighted by Gasteiger charge is 1.96. The Hall–Kier alpha value is -2.00. The van der Waals surface area contributed by atoms with Crippen molar-refractivity contribution in [1.29, 1.82) is 0 Å². The summed E-state index contributed by atoms with van der Waals surface area (Å²) in [6, 6.07) is 14.7. The first-order valence-corrected chi connectivity index (χ1v) is 7.00. The molecule has 3 nitrogen and oxygen atoms in total. The Morgan fingerprint density at radius 3 is 1.70 bits per heavy atom. The average molecular weight is 271 g/mol. The van der Waals surface area contributed by atoms with E-state index in [1.54, 1.807) is 24.3 Å². The van der Waals surface area contributed by atoms with Gasteiger partial charge in [-0.15, -0.1) is 0 Å². The molecule has 106 valence electrons. The Bertz CT molecular complexity index is 456. The van der Waals surface area contributed by atoms with Gasteiger partial charge in [0.15, 0.2) is 0 Å². The Morgan fingerprint density at radius 2 is 1.15 bits per heavy atom. The fourth-order valence-corrected chi connectivity index (χ4v) is 2.10. The van der Waals surface area contributed by atoms with E-state index in [0.717, 1.165) is 32.4 Å². The van der Waals surface area contributed by atoms with E-state index >= 15 is 0 Å². The topological polar surface area (TPSA) is 52.5 Å². The maximum absolute atomic E-state index is 9.20. The Balaban J connectivity index is 1.57. The first kappa shape index (κ1) is 14.4. The van der Waals surface area contributed by atoms with Crippen LogP contribution in [0.15, 0.2) is 48.5 Å². The normalized spacial score (nSPS) is 10.6. The van der Waals surface area contributed by atoms with Gasteiger partial charge in [0.05, 0.1) is 0 Å². The van der Waals surface area contributed by atoms with E-state index in [0.29, 0.717) is 11.5 Å². The summed E-state index contributed by atoms with van der Waals surface area (Å²) >= 11 is 0. The molecule has 0 aliphatic rings. The van der Waals surface area contributed by atoms with Crippen LogP contribution < -0.4 is 5.32 Å². The molecule has 0 fully saturated rings. The van der Waals surface area contributed by atoms with E-state index < -0.39 is 0 Å². The molecule has 3 N–H and O–H groups in total. The SMILES string of the molecule is Oc1ccc(CCCNCCc2ccc(O)cc2)cc1. The molecule has 0 spiro atoms. The molecule has 0 heterocycles. The summed E-state index contributed by atoms with van der Waals surface area (Å²) in [5.41, 5.74) is 2.48. The van der Waals surface area contributed by atoms with Gasteiger partial charge in [-0.1, -0.05) is 24.3 Å². The minimum Gasteiger partial charge on any atom is -0.508 e. The highest BCUT2D eigenvalue weighted by Crippen LogP contribution is 2.11. The number of hydrogen-bond acceptors (Lipinski definition) is 3. The molecule has 2 aromatic rings. The summed E-state index contributed by atoms with van der Waals surface area (Å²) in [4.78, 5) is 0. The van der Waals surface area contributed by atoms with Gasteiger partial charge < -0.3 is 15.5 Å². The molecule has 20 heavy (non-hydrogen) atoms. The summed E-state index contributed by atoms with van der Waals surface area (Å²) in [5, 5.41) is 21.8. The van der Waals surface area contributed by atoms with Crippen molar-refractivity contribution in [2.45, 2.75) is 19.3 Å². The largest absolute Gasteiger partial charge is 0.508 e. The van der Waals surface area contributed by atoms with Crippen LogP contribution in [0.25, 0.3) is 0 Å². The van der Waals surface area contributed by atoms with E-state index in [-0.39, 0.29) is 0 Å². The number of aryl methyl sites for hydroxylation is 1. The minimum absolute atomic E-state index is 0.315. The summed E-state index contributed by atoms with van der Waals surface area (Å²) in [7, 11) is 0. The van der Waals surface area contributed by atoms with Gasteiger partial charge in [0.1, 0.15) is 11.5 Å². The van der Waals surface area contributed by atoms with Gasteiger partial charge in [0.2, 0.25) is 0 Å². The molecule has 0 radical (unpaired) electrons. The number of benzene rings is 2. The van der Waals surface area contributed by atoms with Gasteiger partial charge in [-0.25, -0.2) is 0 Å². The van der Waals surface area contributed by atoms with Crippen molar-refractivity contribution in [2.75, 3.05) is 13.1 Å². The second-order valence-electron chi connectivity index (χ2n) is 4.94. The standard InChI is InChI=1S/C17H21NO2/c19-16-7-3-14(4-8-16)2-1-12-18-13-11-15-5-9-17(20)10-6-15/h3-10,18-20H,1-2,11-13H2.